The Bertz CT molecular complexity index is 1000. The summed E-state index contributed by atoms with van der Waals surface area (Å²) in [7, 11) is 0. The maximum Gasteiger partial charge on any atom is 0.407 e. The van der Waals surface area contributed by atoms with Gasteiger partial charge in [-0.05, 0) is 35.1 Å². The van der Waals surface area contributed by atoms with Gasteiger partial charge in [0.25, 0.3) is 0 Å². The molecule has 2 aromatic rings. The number of alkyl carbamates (subject to hydrolysis) is 1. The molecule has 0 unspecified atom stereocenters. The molecule has 0 aliphatic heterocycles. The molecule has 4 rings (SSSR count). The molecule has 3 N–H and O–H groups in total. The lowest BCUT2D eigenvalue weighted by atomic mass is 9.93. The minimum atomic E-state index is -1.05. The monoisotopic (exact) mass is 466 g/mol. The lowest BCUT2D eigenvalue weighted by Crippen LogP contribution is -2.50. The molecule has 0 atom stereocenters. The highest BCUT2D eigenvalue weighted by atomic mass is 16.5. The van der Waals surface area contributed by atoms with Crippen molar-refractivity contribution in [1.29, 1.82) is 0 Å². The molecule has 0 spiro atoms. The van der Waals surface area contributed by atoms with E-state index in [-0.39, 0.29) is 38.0 Å². The number of aliphatic carboxylic acids is 1. The summed E-state index contributed by atoms with van der Waals surface area (Å²) in [6.07, 6.45) is 2.91. The number of amides is 2. The predicted molar refractivity (Wildman–Crippen MR) is 125 cm³/mol. The average molecular weight is 467 g/mol. The van der Waals surface area contributed by atoms with E-state index in [1.165, 1.54) is 11.1 Å². The second-order valence-electron chi connectivity index (χ2n) is 8.91. The normalized spacial score (nSPS) is 15.9. The first-order valence-electron chi connectivity index (χ1n) is 11.7. The van der Waals surface area contributed by atoms with Crippen LogP contribution < -0.4 is 10.6 Å². The molecule has 0 radical (unpaired) electrons. The van der Waals surface area contributed by atoms with Crippen LogP contribution in [-0.2, 0) is 19.1 Å². The molecule has 2 aliphatic carbocycles. The van der Waals surface area contributed by atoms with Gasteiger partial charge in [0.15, 0.2) is 0 Å². The van der Waals surface area contributed by atoms with E-state index in [1.807, 2.05) is 24.3 Å². The van der Waals surface area contributed by atoms with Crippen molar-refractivity contribution in [1.82, 2.24) is 10.6 Å². The Morgan fingerprint density at radius 2 is 1.59 bits per heavy atom. The third kappa shape index (κ3) is 5.56. The van der Waals surface area contributed by atoms with E-state index < -0.39 is 24.2 Å². The predicted octanol–water partition coefficient (Wildman–Crippen LogP) is 3.45. The van der Waals surface area contributed by atoms with Gasteiger partial charge in [-0.25, -0.2) is 9.59 Å². The number of carboxylic acids is 1. The molecule has 2 amide bonds. The Morgan fingerprint density at radius 3 is 2.21 bits per heavy atom. The van der Waals surface area contributed by atoms with Gasteiger partial charge >= 0.3 is 12.1 Å². The number of benzene rings is 2. The zero-order chi connectivity index (χ0) is 24.0. The molecule has 0 aromatic heterocycles. The Morgan fingerprint density at radius 1 is 0.971 bits per heavy atom. The minimum absolute atomic E-state index is 0.0215. The smallest absolute Gasteiger partial charge is 0.407 e. The Hall–Kier alpha value is -3.39. The van der Waals surface area contributed by atoms with Gasteiger partial charge < -0.3 is 25.2 Å². The first-order valence-corrected chi connectivity index (χ1v) is 11.7. The number of carbonyl (C=O) groups is 3. The van der Waals surface area contributed by atoms with Crippen molar-refractivity contribution in [2.24, 2.45) is 0 Å². The first-order chi connectivity index (χ1) is 16.5. The van der Waals surface area contributed by atoms with Crippen LogP contribution in [0.15, 0.2) is 48.5 Å². The highest BCUT2D eigenvalue weighted by Crippen LogP contribution is 2.44. The van der Waals surface area contributed by atoms with Gasteiger partial charge in [-0.1, -0.05) is 61.4 Å². The van der Waals surface area contributed by atoms with Gasteiger partial charge in [0.05, 0.1) is 12.1 Å². The van der Waals surface area contributed by atoms with E-state index in [2.05, 4.69) is 34.9 Å². The van der Waals surface area contributed by atoms with E-state index in [1.54, 1.807) is 0 Å². The van der Waals surface area contributed by atoms with Crippen LogP contribution in [0.25, 0.3) is 11.1 Å². The number of hydrogen-bond donors (Lipinski definition) is 3. The molecular weight excluding hydrogens is 436 g/mol. The van der Waals surface area contributed by atoms with E-state index >= 15 is 0 Å². The molecule has 1 saturated carbocycles. The largest absolute Gasteiger partial charge is 0.480 e. The maximum atomic E-state index is 12.8. The second-order valence-corrected chi connectivity index (χ2v) is 8.91. The standard InChI is InChI=1S/C26H30N2O6/c29-23(27-13-14-33-17-24(30)31)15-26(11-5-6-12-26)28-25(32)34-16-22-20-9-3-1-7-18(20)19-8-2-4-10-21(19)22/h1-4,7-10,22H,5-6,11-17H2,(H,27,29)(H,28,32)(H,30,31). The van der Waals surface area contributed by atoms with Crippen molar-refractivity contribution >= 4 is 18.0 Å². The first kappa shape index (κ1) is 23.8. The zero-order valence-corrected chi connectivity index (χ0v) is 19.0. The maximum absolute atomic E-state index is 12.8. The van der Waals surface area contributed by atoms with E-state index in [4.69, 9.17) is 14.6 Å². The summed E-state index contributed by atoms with van der Waals surface area (Å²) < 4.78 is 10.6. The van der Waals surface area contributed by atoms with Crippen molar-refractivity contribution in [2.45, 2.75) is 43.6 Å². The van der Waals surface area contributed by atoms with Crippen molar-refractivity contribution in [3.05, 3.63) is 59.7 Å². The molecule has 1 fully saturated rings. The highest BCUT2D eigenvalue weighted by Gasteiger charge is 2.38. The number of nitrogens with one attached hydrogen (secondary N) is 2. The number of fused-ring (bicyclic) bond motifs is 3. The Kier molecular flexibility index (Phi) is 7.47. The summed E-state index contributed by atoms with van der Waals surface area (Å²) in [6.45, 7) is 0.157. The number of ether oxygens (including phenoxy) is 2. The minimum Gasteiger partial charge on any atom is -0.480 e. The van der Waals surface area contributed by atoms with Crippen LogP contribution in [-0.4, -0.2) is 55.0 Å². The molecule has 180 valence electrons. The summed E-state index contributed by atoms with van der Waals surface area (Å²) in [6, 6.07) is 16.3. The Labute approximate surface area is 198 Å². The molecule has 0 saturated heterocycles. The van der Waals surface area contributed by atoms with Gasteiger partial charge in [0.1, 0.15) is 13.2 Å². The summed E-state index contributed by atoms with van der Waals surface area (Å²) in [5.74, 6) is -1.28. The Balaban J connectivity index is 1.31. The molecular formula is C26H30N2O6. The third-order valence-electron chi connectivity index (χ3n) is 6.56. The van der Waals surface area contributed by atoms with E-state index in [0.717, 1.165) is 24.0 Å². The van der Waals surface area contributed by atoms with E-state index in [0.29, 0.717) is 12.8 Å². The number of rotatable bonds is 10. The molecule has 2 aliphatic rings. The van der Waals surface area contributed by atoms with Gasteiger partial charge in [0, 0.05) is 18.9 Å². The van der Waals surface area contributed by atoms with Crippen LogP contribution in [0.2, 0.25) is 0 Å². The van der Waals surface area contributed by atoms with E-state index in [9.17, 15) is 14.4 Å². The number of carboxylic acid groups (broad SMARTS) is 1. The van der Waals surface area contributed by atoms with Gasteiger partial charge in [0.2, 0.25) is 5.91 Å². The molecule has 8 nitrogen and oxygen atoms in total. The molecule has 34 heavy (non-hydrogen) atoms. The lowest BCUT2D eigenvalue weighted by Gasteiger charge is -2.29. The lowest BCUT2D eigenvalue weighted by molar-refractivity contribution is -0.142. The number of carbonyl (C=O) groups excluding carboxylic acids is 2. The van der Waals surface area contributed by atoms with Crippen molar-refractivity contribution < 1.29 is 29.0 Å². The summed E-state index contributed by atoms with van der Waals surface area (Å²) in [5.41, 5.74) is 4.01. The summed E-state index contributed by atoms with van der Waals surface area (Å²) in [5, 5.41) is 14.3. The summed E-state index contributed by atoms with van der Waals surface area (Å²) >= 11 is 0. The van der Waals surface area contributed by atoms with Crippen LogP contribution in [0.3, 0.4) is 0 Å². The van der Waals surface area contributed by atoms with Crippen molar-refractivity contribution in [3.8, 4) is 11.1 Å². The topological polar surface area (TPSA) is 114 Å². The molecule has 2 aromatic carbocycles. The van der Waals surface area contributed by atoms with Crippen molar-refractivity contribution in [2.75, 3.05) is 26.4 Å². The molecule has 8 heteroatoms. The van der Waals surface area contributed by atoms with Gasteiger partial charge in [-0.2, -0.15) is 0 Å². The number of hydrogen-bond acceptors (Lipinski definition) is 5. The average Bonchev–Trinajstić information content (AvgIpc) is 3.39. The van der Waals surface area contributed by atoms with Crippen molar-refractivity contribution in [3.63, 3.8) is 0 Å². The van der Waals surface area contributed by atoms with Gasteiger partial charge in [-0.3, -0.25) is 4.79 Å². The quantitative estimate of drug-likeness (QED) is 0.462. The zero-order valence-electron chi connectivity index (χ0n) is 19.0. The second kappa shape index (κ2) is 10.7. The fourth-order valence-electron chi connectivity index (χ4n) is 5.04. The van der Waals surface area contributed by atoms with Crippen LogP contribution in [0.1, 0.15) is 49.1 Å². The highest BCUT2D eigenvalue weighted by molar-refractivity contribution is 5.80. The molecule has 0 heterocycles. The SMILES string of the molecule is O=C(O)COCCNC(=O)CC1(NC(=O)OCC2c3ccccc3-c3ccccc32)CCCC1. The molecule has 0 bridgehead atoms. The summed E-state index contributed by atoms with van der Waals surface area (Å²) in [4.78, 5) is 35.7. The third-order valence-corrected chi connectivity index (χ3v) is 6.56. The van der Waals surface area contributed by atoms with Crippen LogP contribution in [0, 0.1) is 0 Å². The van der Waals surface area contributed by atoms with Crippen LogP contribution >= 0.6 is 0 Å². The van der Waals surface area contributed by atoms with Crippen LogP contribution in [0.4, 0.5) is 4.79 Å². The fraction of sp³-hybridized carbons (Fsp3) is 0.423. The van der Waals surface area contributed by atoms with Crippen LogP contribution in [0.5, 0.6) is 0 Å². The fourth-order valence-corrected chi connectivity index (χ4v) is 5.04. The van der Waals surface area contributed by atoms with Gasteiger partial charge in [-0.15, -0.1) is 0 Å².